The molecule has 3 amide bonds. The quantitative estimate of drug-likeness (QED) is 0.290. The molecule has 42 heavy (non-hydrogen) atoms. The zero-order chi connectivity index (χ0) is 29.8. The van der Waals surface area contributed by atoms with Crippen LogP contribution in [-0.4, -0.2) is 46.1 Å². The van der Waals surface area contributed by atoms with E-state index in [1.807, 2.05) is 30.3 Å². The third-order valence-corrected chi connectivity index (χ3v) is 7.23. The number of hydrogen-bond donors (Lipinski definition) is 2. The Morgan fingerprint density at radius 2 is 1.86 bits per heavy atom. The number of amides is 3. The van der Waals surface area contributed by atoms with Crippen LogP contribution in [0.5, 0.6) is 11.5 Å². The summed E-state index contributed by atoms with van der Waals surface area (Å²) in [6.07, 6.45) is -1.21. The summed E-state index contributed by atoms with van der Waals surface area (Å²) in [6, 6.07) is 17.9. The van der Waals surface area contributed by atoms with Crippen LogP contribution in [0.25, 0.3) is 10.9 Å². The molecule has 0 unspecified atom stereocenters. The van der Waals surface area contributed by atoms with Gasteiger partial charge in [-0.1, -0.05) is 54.1 Å². The predicted molar refractivity (Wildman–Crippen MR) is 151 cm³/mol. The summed E-state index contributed by atoms with van der Waals surface area (Å²) >= 11 is 5.81. The van der Waals surface area contributed by atoms with E-state index < -0.39 is 35.9 Å². The Morgan fingerprint density at radius 1 is 1.07 bits per heavy atom. The zero-order valence-corrected chi connectivity index (χ0v) is 23.0. The first-order valence-corrected chi connectivity index (χ1v) is 13.5. The van der Waals surface area contributed by atoms with Crippen LogP contribution in [-0.2, 0) is 29.3 Å². The number of aromatic nitrogens is 1. The number of nitrogens with zero attached hydrogens (tertiary/aromatic N) is 2. The lowest BCUT2D eigenvalue weighted by Crippen LogP contribution is -2.46. The second kappa shape index (κ2) is 12.5. The molecule has 12 heteroatoms. The van der Waals surface area contributed by atoms with Crippen LogP contribution in [0.3, 0.4) is 0 Å². The molecule has 1 aliphatic heterocycles. The maximum atomic E-state index is 14.5. The van der Waals surface area contributed by atoms with Crippen molar-refractivity contribution in [3.63, 3.8) is 0 Å². The Morgan fingerprint density at radius 3 is 2.62 bits per heavy atom. The third kappa shape index (κ3) is 6.46. The van der Waals surface area contributed by atoms with Crippen LogP contribution >= 0.6 is 11.6 Å². The molecule has 0 bridgehead atoms. The molecule has 0 aliphatic carbocycles. The molecule has 3 aromatic carbocycles. The van der Waals surface area contributed by atoms with Crippen molar-refractivity contribution in [2.45, 2.75) is 38.3 Å². The van der Waals surface area contributed by atoms with Crippen LogP contribution in [0.1, 0.15) is 17.5 Å². The van der Waals surface area contributed by atoms with Gasteiger partial charge in [-0.3, -0.25) is 9.59 Å². The van der Waals surface area contributed by atoms with Crippen molar-refractivity contribution in [3.05, 3.63) is 94.9 Å². The highest BCUT2D eigenvalue weighted by Gasteiger charge is 2.39. The number of nitrogens with one attached hydrogen (secondary N) is 1. The number of benzene rings is 3. The van der Waals surface area contributed by atoms with E-state index in [0.717, 1.165) is 10.5 Å². The van der Waals surface area contributed by atoms with E-state index in [4.69, 9.17) is 26.8 Å². The number of halogens is 3. The lowest BCUT2D eigenvalue weighted by atomic mass is 10.1. The van der Waals surface area contributed by atoms with Gasteiger partial charge in [0, 0.05) is 36.2 Å². The van der Waals surface area contributed by atoms with Crippen molar-refractivity contribution in [3.8, 4) is 11.5 Å². The van der Waals surface area contributed by atoms with Crippen LogP contribution in [0.2, 0.25) is 5.02 Å². The molecule has 2 atom stereocenters. The first-order chi connectivity index (χ1) is 20.2. The highest BCUT2D eigenvalue weighted by Crippen LogP contribution is 2.32. The Balaban J connectivity index is 1.34. The minimum Gasteiger partial charge on any atom is -0.489 e. The molecule has 4 aromatic rings. The smallest absolute Gasteiger partial charge is 0.410 e. The van der Waals surface area contributed by atoms with Crippen molar-refractivity contribution in [2.75, 3.05) is 6.54 Å². The van der Waals surface area contributed by atoms with E-state index in [0.29, 0.717) is 23.3 Å². The molecule has 5 rings (SSSR count). The van der Waals surface area contributed by atoms with E-state index in [1.165, 1.54) is 22.9 Å². The molecule has 9 nitrogen and oxygen atoms in total. The largest absolute Gasteiger partial charge is 0.489 e. The summed E-state index contributed by atoms with van der Waals surface area (Å²) < 4.78 is 41.3. The van der Waals surface area contributed by atoms with Crippen LogP contribution in [0.4, 0.5) is 13.6 Å². The average Bonchev–Trinajstić information content (AvgIpc) is 3.52. The van der Waals surface area contributed by atoms with E-state index in [2.05, 4.69) is 5.32 Å². The summed E-state index contributed by atoms with van der Waals surface area (Å²) in [4.78, 5) is 39.1. The highest BCUT2D eigenvalue weighted by atomic mass is 35.5. The van der Waals surface area contributed by atoms with Gasteiger partial charge in [-0.2, -0.15) is 0 Å². The lowest BCUT2D eigenvalue weighted by molar-refractivity contribution is -0.139. The number of alkyl halides is 1. The number of ether oxygens (including phenoxy) is 2. The van der Waals surface area contributed by atoms with Gasteiger partial charge in [0.05, 0.1) is 17.1 Å². The number of rotatable bonds is 9. The molecule has 1 saturated heterocycles. The zero-order valence-electron chi connectivity index (χ0n) is 22.3. The van der Waals surface area contributed by atoms with Crippen molar-refractivity contribution < 1.29 is 32.6 Å². The third-order valence-electron chi connectivity index (χ3n) is 6.94. The molecule has 1 aliphatic rings. The second-order valence-corrected chi connectivity index (χ2v) is 10.2. The van der Waals surface area contributed by atoms with E-state index in [1.54, 1.807) is 24.3 Å². The standard InChI is InChI=1S/C30H27ClF2N4O5/c31-23-8-4-7-19(28(23)33)13-35-29(39)25-11-20(32)14-37(25)27(38)16-36-15-26(42-30(34)40)22-10-9-21(12-24(22)36)41-17-18-5-2-1-3-6-18/h1-10,12,15,20,25H,11,13-14,16-17H2,(H2,34,40)(H,35,39)/t20-,25+/m1/s1. The summed E-state index contributed by atoms with van der Waals surface area (Å²) in [6.45, 7) is -0.446. The molecular weight excluding hydrogens is 570 g/mol. The Hall–Kier alpha value is -4.64. The summed E-state index contributed by atoms with van der Waals surface area (Å²) in [5.41, 5.74) is 6.85. The highest BCUT2D eigenvalue weighted by molar-refractivity contribution is 6.30. The first-order valence-electron chi connectivity index (χ1n) is 13.1. The Labute approximate surface area is 244 Å². The van der Waals surface area contributed by atoms with E-state index >= 15 is 0 Å². The van der Waals surface area contributed by atoms with Gasteiger partial charge in [0.2, 0.25) is 11.8 Å². The van der Waals surface area contributed by atoms with Crippen molar-refractivity contribution in [1.29, 1.82) is 0 Å². The van der Waals surface area contributed by atoms with Gasteiger partial charge in [0.25, 0.3) is 0 Å². The van der Waals surface area contributed by atoms with Gasteiger partial charge in [-0.05, 0) is 23.8 Å². The van der Waals surface area contributed by atoms with Crippen LogP contribution in [0.15, 0.2) is 72.9 Å². The number of nitrogens with two attached hydrogens (primary N) is 1. The minimum absolute atomic E-state index is 0.0875. The molecule has 0 saturated carbocycles. The minimum atomic E-state index is -1.42. The molecule has 0 spiro atoms. The molecule has 3 N–H and O–H groups in total. The molecule has 1 aromatic heterocycles. The fourth-order valence-electron chi connectivity index (χ4n) is 4.92. The number of primary amides is 1. The first kappa shape index (κ1) is 28.9. The van der Waals surface area contributed by atoms with Crippen molar-refractivity contribution in [2.24, 2.45) is 5.73 Å². The van der Waals surface area contributed by atoms with Crippen molar-refractivity contribution in [1.82, 2.24) is 14.8 Å². The number of fused-ring (bicyclic) bond motifs is 1. The van der Waals surface area contributed by atoms with Gasteiger partial charge in [-0.25, -0.2) is 13.6 Å². The second-order valence-electron chi connectivity index (χ2n) is 9.82. The SMILES string of the molecule is NC(=O)Oc1cn(CC(=O)N2C[C@H](F)C[C@H]2C(=O)NCc2cccc(Cl)c2F)c2cc(OCc3ccccc3)ccc12. The number of carbonyl (C=O) groups is 3. The van der Waals surface area contributed by atoms with Crippen LogP contribution in [0, 0.1) is 5.82 Å². The van der Waals surface area contributed by atoms with E-state index in [9.17, 15) is 23.2 Å². The maximum Gasteiger partial charge on any atom is 0.410 e. The van der Waals surface area contributed by atoms with Gasteiger partial charge in [0.15, 0.2) is 5.75 Å². The van der Waals surface area contributed by atoms with Gasteiger partial charge in [-0.15, -0.1) is 0 Å². The van der Waals surface area contributed by atoms with E-state index in [-0.39, 0.29) is 42.4 Å². The normalized spacial score (nSPS) is 16.4. The summed E-state index contributed by atoms with van der Waals surface area (Å²) in [5, 5.41) is 2.98. The van der Waals surface area contributed by atoms with Crippen molar-refractivity contribution >= 4 is 40.4 Å². The summed E-state index contributed by atoms with van der Waals surface area (Å²) in [5.74, 6) is -1.19. The lowest BCUT2D eigenvalue weighted by Gasteiger charge is -2.24. The Kier molecular flexibility index (Phi) is 8.58. The monoisotopic (exact) mass is 596 g/mol. The van der Waals surface area contributed by atoms with Gasteiger partial charge < -0.3 is 30.0 Å². The Bertz CT molecular complexity index is 1630. The topological polar surface area (TPSA) is 116 Å². The molecular formula is C30H27ClF2N4O5. The fraction of sp³-hybridized carbons (Fsp3) is 0.233. The fourth-order valence-corrected chi connectivity index (χ4v) is 5.11. The molecule has 2 heterocycles. The molecule has 0 radical (unpaired) electrons. The number of hydrogen-bond acceptors (Lipinski definition) is 5. The summed E-state index contributed by atoms with van der Waals surface area (Å²) in [7, 11) is 0. The van der Waals surface area contributed by atoms with Gasteiger partial charge >= 0.3 is 6.09 Å². The average molecular weight is 597 g/mol. The number of likely N-dealkylation sites (tertiary alicyclic amines) is 1. The number of carbonyl (C=O) groups excluding carboxylic acids is 3. The van der Waals surface area contributed by atoms with Crippen LogP contribution < -0.4 is 20.5 Å². The predicted octanol–water partition coefficient (Wildman–Crippen LogP) is 4.73. The molecule has 1 fully saturated rings. The maximum absolute atomic E-state index is 14.5. The van der Waals surface area contributed by atoms with Gasteiger partial charge in [0.1, 0.15) is 36.9 Å². The molecule has 218 valence electrons.